The fourth-order valence-corrected chi connectivity index (χ4v) is 4.85. The molecule has 0 amide bonds. The van der Waals surface area contributed by atoms with E-state index in [9.17, 15) is 8.78 Å². The van der Waals surface area contributed by atoms with Crippen LogP contribution in [0.2, 0.25) is 0 Å². The number of aryl methyl sites for hydroxylation is 1. The van der Waals surface area contributed by atoms with Crippen LogP contribution in [0.15, 0.2) is 12.1 Å². The van der Waals surface area contributed by atoms with Crippen molar-refractivity contribution in [2.24, 2.45) is 17.8 Å². The Bertz CT molecular complexity index is 531. The molecule has 24 heavy (non-hydrogen) atoms. The van der Waals surface area contributed by atoms with Gasteiger partial charge in [0, 0.05) is 2.85 Å². The summed E-state index contributed by atoms with van der Waals surface area (Å²) in [6.07, 6.45) is 10.5. The van der Waals surface area contributed by atoms with Gasteiger partial charge >= 0.3 is 0 Å². The lowest BCUT2D eigenvalue weighted by Crippen LogP contribution is -2.25. The summed E-state index contributed by atoms with van der Waals surface area (Å²) >= 11 is 0. The second-order valence-electron chi connectivity index (χ2n) is 7.93. The molecule has 2 aliphatic carbocycles. The van der Waals surface area contributed by atoms with Crippen LogP contribution >= 0.6 is 0 Å². The van der Waals surface area contributed by atoms with Crippen LogP contribution < -0.4 is 0 Å². The third-order valence-electron chi connectivity index (χ3n) is 6.51. The first-order chi connectivity index (χ1) is 11.1. The Hall–Kier alpha value is -0.920. The molecule has 0 unspecified atom stereocenters. The van der Waals surface area contributed by atoms with Crippen molar-refractivity contribution in [3.63, 3.8) is 0 Å². The predicted octanol–water partition coefficient (Wildman–Crippen LogP) is 7.76. The molecule has 0 bridgehead atoms. The van der Waals surface area contributed by atoms with Crippen molar-refractivity contribution in [1.82, 2.24) is 0 Å². The molecule has 2 heteroatoms. The second-order valence-corrected chi connectivity index (χ2v) is 7.93. The minimum absolute atomic E-state index is 0. The molecule has 0 N–H and O–H groups in total. The van der Waals surface area contributed by atoms with Crippen molar-refractivity contribution >= 4 is 0 Å². The van der Waals surface area contributed by atoms with Crippen LogP contribution in [0, 0.1) is 29.4 Å². The van der Waals surface area contributed by atoms with Crippen LogP contribution in [0.25, 0.3) is 0 Å². The highest BCUT2D eigenvalue weighted by Crippen LogP contribution is 2.44. The predicted molar refractivity (Wildman–Crippen MR) is 103 cm³/mol. The van der Waals surface area contributed by atoms with E-state index in [0.29, 0.717) is 17.5 Å². The van der Waals surface area contributed by atoms with Crippen LogP contribution in [0.3, 0.4) is 0 Å². The average molecular weight is 341 g/mol. The van der Waals surface area contributed by atoms with E-state index in [2.05, 4.69) is 6.92 Å². The molecular formula is C22H38F2. The van der Waals surface area contributed by atoms with Gasteiger partial charge in [-0.3, -0.25) is 0 Å². The largest absolute Gasteiger partial charge is 0.203 e. The maximum Gasteiger partial charge on any atom is 0.162 e. The first kappa shape index (κ1) is 19.4. The fraction of sp³-hybridized carbons (Fsp3) is 0.727. The normalized spacial score (nSPS) is 30.7. The average Bonchev–Trinajstić information content (AvgIpc) is 2.58. The molecule has 140 valence electrons. The zero-order valence-electron chi connectivity index (χ0n) is 14.6. The van der Waals surface area contributed by atoms with E-state index < -0.39 is 11.6 Å². The molecule has 3 rings (SSSR count). The minimum Gasteiger partial charge on any atom is -0.203 e. The van der Waals surface area contributed by atoms with Gasteiger partial charge in [0.25, 0.3) is 0 Å². The van der Waals surface area contributed by atoms with Crippen molar-refractivity contribution in [3.8, 4) is 0 Å². The maximum atomic E-state index is 14.4. The van der Waals surface area contributed by atoms with Crippen LogP contribution in [0.4, 0.5) is 8.78 Å². The lowest BCUT2D eigenvalue weighted by molar-refractivity contribution is 0.164. The molecule has 0 heterocycles. The third kappa shape index (κ3) is 4.00. The van der Waals surface area contributed by atoms with E-state index in [0.717, 1.165) is 30.6 Å². The lowest BCUT2D eigenvalue weighted by atomic mass is 9.68. The summed E-state index contributed by atoms with van der Waals surface area (Å²) in [5, 5.41) is 0. The number of rotatable bonds is 3. The molecule has 1 aromatic carbocycles. The summed E-state index contributed by atoms with van der Waals surface area (Å²) in [6.45, 7) is 4.23. The molecular weight excluding hydrogens is 302 g/mol. The van der Waals surface area contributed by atoms with Crippen molar-refractivity contribution in [3.05, 3.63) is 34.9 Å². The topological polar surface area (TPSA) is 0 Å². The number of halogens is 2. The van der Waals surface area contributed by atoms with Gasteiger partial charge in [-0.15, -0.1) is 0 Å². The van der Waals surface area contributed by atoms with Crippen LogP contribution in [0.1, 0.15) is 92.5 Å². The Morgan fingerprint density at radius 2 is 1.42 bits per heavy atom. The van der Waals surface area contributed by atoms with E-state index in [1.165, 1.54) is 38.5 Å². The van der Waals surface area contributed by atoms with Crippen LogP contribution in [-0.4, -0.2) is 0 Å². The highest BCUT2D eigenvalue weighted by atomic mass is 19.2. The molecule has 0 aliphatic heterocycles. The van der Waals surface area contributed by atoms with Gasteiger partial charge in [-0.05, 0) is 79.7 Å². The van der Waals surface area contributed by atoms with E-state index in [1.807, 2.05) is 13.0 Å². The van der Waals surface area contributed by atoms with E-state index in [4.69, 9.17) is 0 Å². The molecule has 1 aromatic rings. The zero-order chi connectivity index (χ0) is 16.4. The highest BCUT2D eigenvalue weighted by Gasteiger charge is 2.31. The van der Waals surface area contributed by atoms with Gasteiger partial charge in [0.1, 0.15) is 0 Å². The molecule has 0 radical (unpaired) electrons. The molecule has 2 saturated carbocycles. The Morgan fingerprint density at radius 3 is 1.96 bits per heavy atom. The summed E-state index contributed by atoms with van der Waals surface area (Å²) in [6, 6.07) is 3.62. The summed E-state index contributed by atoms with van der Waals surface area (Å²) in [7, 11) is 0. The summed E-state index contributed by atoms with van der Waals surface area (Å²) in [5.41, 5.74) is 1.12. The van der Waals surface area contributed by atoms with Crippen molar-refractivity contribution in [2.75, 3.05) is 0 Å². The van der Waals surface area contributed by atoms with Crippen molar-refractivity contribution < 1.29 is 11.6 Å². The molecule has 0 aromatic heterocycles. The van der Waals surface area contributed by atoms with Gasteiger partial charge in [-0.25, -0.2) is 8.78 Å². The third-order valence-corrected chi connectivity index (χ3v) is 6.51. The van der Waals surface area contributed by atoms with Crippen molar-refractivity contribution in [1.29, 1.82) is 0 Å². The molecule has 2 aliphatic rings. The minimum atomic E-state index is -0.617. The number of hydrogen-bond donors (Lipinski definition) is 0. The molecule has 0 spiro atoms. The SMILES string of the molecule is C.CCc1ccc(C2CCC(C3CCC(C)CC3)CC2)c(F)c1F.[HH].[HH]. The van der Waals surface area contributed by atoms with Gasteiger partial charge in [-0.2, -0.15) is 0 Å². The maximum absolute atomic E-state index is 14.4. The van der Waals surface area contributed by atoms with Gasteiger partial charge in [0.05, 0.1) is 0 Å². The van der Waals surface area contributed by atoms with E-state index >= 15 is 0 Å². The van der Waals surface area contributed by atoms with Gasteiger partial charge in [0.2, 0.25) is 0 Å². The Morgan fingerprint density at radius 1 is 0.875 bits per heavy atom. The number of benzene rings is 1. The smallest absolute Gasteiger partial charge is 0.162 e. The Kier molecular flexibility index (Phi) is 6.83. The Labute approximate surface area is 150 Å². The first-order valence-corrected chi connectivity index (χ1v) is 9.56. The summed E-state index contributed by atoms with van der Waals surface area (Å²) in [4.78, 5) is 0. The molecule has 0 nitrogen and oxygen atoms in total. The Balaban J connectivity index is 0.00000208. The second kappa shape index (κ2) is 8.45. The molecule has 0 atom stereocenters. The van der Waals surface area contributed by atoms with Crippen LogP contribution in [-0.2, 0) is 6.42 Å². The molecule has 0 saturated heterocycles. The monoisotopic (exact) mass is 340 g/mol. The summed E-state index contributed by atoms with van der Waals surface area (Å²) in [5.74, 6) is 1.62. The first-order valence-electron chi connectivity index (χ1n) is 9.56. The van der Waals surface area contributed by atoms with Crippen molar-refractivity contribution in [2.45, 2.75) is 85.0 Å². The lowest BCUT2D eigenvalue weighted by Gasteiger charge is -2.37. The fourth-order valence-electron chi connectivity index (χ4n) is 4.85. The number of hydrogen-bond acceptors (Lipinski definition) is 0. The quantitative estimate of drug-likeness (QED) is 0.527. The van der Waals surface area contributed by atoms with Gasteiger partial charge in [0.15, 0.2) is 11.6 Å². The van der Waals surface area contributed by atoms with Gasteiger partial charge in [-0.1, -0.05) is 46.2 Å². The van der Waals surface area contributed by atoms with Gasteiger partial charge < -0.3 is 0 Å². The van der Waals surface area contributed by atoms with E-state index in [-0.39, 0.29) is 16.2 Å². The summed E-state index contributed by atoms with van der Waals surface area (Å²) < 4.78 is 28.4. The highest BCUT2D eigenvalue weighted by molar-refractivity contribution is 5.29. The van der Waals surface area contributed by atoms with Crippen LogP contribution in [0.5, 0.6) is 0 Å². The zero-order valence-corrected chi connectivity index (χ0v) is 14.6. The standard InChI is InChI=1S/C21H30F2.CH4.2H2/c1-3-15-12-13-19(21(23)20(15)22)18-10-8-17(9-11-18)16-6-4-14(2)5-7-16;;;/h12-14,16-18H,3-11H2,1-2H3;1H4;2*1H. The molecule has 2 fully saturated rings. The van der Waals surface area contributed by atoms with E-state index in [1.54, 1.807) is 6.07 Å².